The Balaban J connectivity index is 1.75. The molecule has 348 valence electrons. The van der Waals surface area contributed by atoms with E-state index in [9.17, 15) is 34.4 Å². The van der Waals surface area contributed by atoms with E-state index in [2.05, 4.69) is 27.7 Å². The molecule has 7 atom stereocenters. The van der Waals surface area contributed by atoms with Crippen molar-refractivity contribution in [2.45, 2.75) is 187 Å². The summed E-state index contributed by atoms with van der Waals surface area (Å²) >= 11 is 0. The number of carbonyl (C=O) groups is 2. The van der Waals surface area contributed by atoms with Gasteiger partial charge in [0.2, 0.25) is 0 Å². The van der Waals surface area contributed by atoms with Gasteiger partial charge >= 0.3 is 19.8 Å². The number of rotatable bonds is 34. The van der Waals surface area contributed by atoms with Gasteiger partial charge in [-0.1, -0.05) is 90.2 Å². The third-order valence-electron chi connectivity index (χ3n) is 11.6. The van der Waals surface area contributed by atoms with Gasteiger partial charge in [0.1, 0.15) is 31.3 Å². The van der Waals surface area contributed by atoms with Crippen molar-refractivity contribution in [1.29, 1.82) is 0 Å². The van der Waals surface area contributed by atoms with Crippen molar-refractivity contribution in [2.24, 2.45) is 11.8 Å². The number of aryl methyl sites for hydroxylation is 2. The molecule has 2 rings (SSSR count). The van der Waals surface area contributed by atoms with Crippen LogP contribution in [0.15, 0.2) is 16.6 Å². The standard InChI is InChI=1S/C46H82NO12P/c1-8-10-17-23-37(48)28-29-40-39(41(49)32-42(40)50)24-18-15-16-20-26-45(51)55-33-38(34-57-60(53,54)56-31-30-47(5,6)7)58-46(52)27-21-14-12-11-13-19-25-44-36(4)35(3)43(59-44)22-9-2/h28-29,37-42,48-50H,8-27,30-34H2,1-7H3/p+1/b29-28+/t37-,38+,39+,40+,41-,42+/m0/s1. The summed E-state index contributed by atoms with van der Waals surface area (Å²) in [7, 11) is 1.33. The minimum Gasteiger partial charge on any atom is -0.466 e. The lowest BCUT2D eigenvalue weighted by molar-refractivity contribution is -0.870. The normalized spacial score (nSPS) is 20.4. The van der Waals surface area contributed by atoms with Gasteiger partial charge in [-0.2, -0.15) is 0 Å². The molecule has 1 fully saturated rings. The van der Waals surface area contributed by atoms with E-state index in [1.165, 1.54) is 11.1 Å². The number of nitrogens with zero attached hydrogens (tertiary/aromatic N) is 1. The molecule has 1 unspecified atom stereocenters. The molecule has 14 heteroatoms. The molecule has 1 aliphatic rings. The van der Waals surface area contributed by atoms with Crippen LogP contribution in [0.2, 0.25) is 0 Å². The zero-order valence-corrected chi connectivity index (χ0v) is 39.1. The second kappa shape index (κ2) is 29.3. The molecule has 1 saturated carbocycles. The lowest BCUT2D eigenvalue weighted by atomic mass is 9.88. The van der Waals surface area contributed by atoms with Crippen molar-refractivity contribution in [1.82, 2.24) is 0 Å². The molecule has 0 spiro atoms. The molecule has 0 aromatic carbocycles. The first-order chi connectivity index (χ1) is 28.5. The van der Waals surface area contributed by atoms with Gasteiger partial charge in [0.25, 0.3) is 0 Å². The van der Waals surface area contributed by atoms with E-state index in [0.29, 0.717) is 36.7 Å². The van der Waals surface area contributed by atoms with Crippen molar-refractivity contribution in [3.63, 3.8) is 0 Å². The third-order valence-corrected chi connectivity index (χ3v) is 12.6. The van der Waals surface area contributed by atoms with Gasteiger partial charge < -0.3 is 38.6 Å². The van der Waals surface area contributed by atoms with Crippen LogP contribution >= 0.6 is 7.82 Å². The SMILES string of the molecule is CCCCC[C@H](O)/C=C/[C@@H]1[C@@H](CCCCCCC(=O)OC[C@H](COP(=O)(O)OCC[N+](C)(C)C)OC(=O)CCCCCCCCc2oc(CCC)c(C)c2C)[C@@H](O)C[C@H]1O. The first kappa shape index (κ1) is 54.0. The molecule has 1 aliphatic carbocycles. The molecule has 0 amide bonds. The van der Waals surface area contributed by atoms with E-state index in [0.717, 1.165) is 108 Å². The summed E-state index contributed by atoms with van der Waals surface area (Å²) in [5.41, 5.74) is 2.54. The zero-order chi connectivity index (χ0) is 44.6. The molecule has 0 radical (unpaired) electrons. The Labute approximate surface area is 361 Å². The second-order valence-corrected chi connectivity index (χ2v) is 19.4. The molecule has 0 bridgehead atoms. The number of phosphoric ester groups is 1. The van der Waals surface area contributed by atoms with Gasteiger partial charge in [-0.05, 0) is 69.4 Å². The van der Waals surface area contributed by atoms with Crippen LogP contribution in [0.3, 0.4) is 0 Å². The Morgan fingerprint density at radius 3 is 2.07 bits per heavy atom. The van der Waals surface area contributed by atoms with Crippen LogP contribution in [-0.2, 0) is 45.5 Å². The van der Waals surface area contributed by atoms with E-state index in [1.54, 1.807) is 6.08 Å². The number of hydrogen-bond donors (Lipinski definition) is 4. The van der Waals surface area contributed by atoms with Crippen LogP contribution in [0.5, 0.6) is 0 Å². The second-order valence-electron chi connectivity index (χ2n) is 18.0. The number of carbonyl (C=O) groups excluding carboxylic acids is 2. The van der Waals surface area contributed by atoms with Crippen LogP contribution in [0, 0.1) is 25.7 Å². The number of unbranched alkanes of at least 4 members (excludes halogenated alkanes) is 10. The highest BCUT2D eigenvalue weighted by molar-refractivity contribution is 7.47. The molecule has 1 heterocycles. The average molecular weight is 873 g/mol. The first-order valence-corrected chi connectivity index (χ1v) is 24.5. The van der Waals surface area contributed by atoms with E-state index < -0.39 is 50.8 Å². The Hall–Kier alpha value is -2.09. The van der Waals surface area contributed by atoms with Crippen LogP contribution in [0.1, 0.15) is 158 Å². The van der Waals surface area contributed by atoms with Gasteiger partial charge in [-0.15, -0.1) is 0 Å². The molecule has 0 saturated heterocycles. The summed E-state index contributed by atoms with van der Waals surface area (Å²) in [4.78, 5) is 35.7. The fraction of sp³-hybridized carbons (Fsp3) is 0.826. The van der Waals surface area contributed by atoms with Crippen LogP contribution in [0.4, 0.5) is 0 Å². The summed E-state index contributed by atoms with van der Waals surface area (Å²) in [6.07, 6.45) is 17.6. The number of likely N-dealkylation sites (N-methyl/N-ethyl adjacent to an activating group) is 1. The molecule has 60 heavy (non-hydrogen) atoms. The lowest BCUT2D eigenvalue weighted by Crippen LogP contribution is -2.37. The summed E-state index contributed by atoms with van der Waals surface area (Å²) in [5, 5.41) is 31.4. The van der Waals surface area contributed by atoms with Crippen molar-refractivity contribution in [2.75, 3.05) is 47.5 Å². The lowest BCUT2D eigenvalue weighted by Gasteiger charge is -2.24. The minimum absolute atomic E-state index is 0.0110. The Morgan fingerprint density at radius 2 is 1.42 bits per heavy atom. The van der Waals surface area contributed by atoms with Crippen molar-refractivity contribution in [3.05, 3.63) is 34.8 Å². The van der Waals surface area contributed by atoms with E-state index in [1.807, 2.05) is 27.2 Å². The number of aliphatic hydroxyl groups is 3. The molecule has 0 aliphatic heterocycles. The average Bonchev–Trinajstić information content (AvgIpc) is 3.60. The van der Waals surface area contributed by atoms with E-state index >= 15 is 0 Å². The van der Waals surface area contributed by atoms with Gasteiger partial charge in [0, 0.05) is 38.0 Å². The number of quaternary nitrogens is 1. The van der Waals surface area contributed by atoms with E-state index in [4.69, 9.17) is 22.9 Å². The molecular weight excluding hydrogens is 789 g/mol. The van der Waals surface area contributed by atoms with E-state index in [-0.39, 0.29) is 37.9 Å². The number of esters is 2. The number of furan rings is 1. The Bertz CT molecular complexity index is 1420. The van der Waals surface area contributed by atoms with Crippen LogP contribution in [0.25, 0.3) is 0 Å². The van der Waals surface area contributed by atoms with Gasteiger partial charge in [-0.25, -0.2) is 4.57 Å². The molecule has 1 aromatic rings. The van der Waals surface area contributed by atoms with Gasteiger partial charge in [0.05, 0.1) is 46.1 Å². The summed E-state index contributed by atoms with van der Waals surface area (Å²) in [5.74, 6) is 0.954. The predicted molar refractivity (Wildman–Crippen MR) is 234 cm³/mol. The predicted octanol–water partition coefficient (Wildman–Crippen LogP) is 8.61. The van der Waals surface area contributed by atoms with Crippen molar-refractivity contribution >= 4 is 19.8 Å². The molecular formula is C46H83NO12P+. The van der Waals surface area contributed by atoms with Gasteiger partial charge in [-0.3, -0.25) is 18.6 Å². The smallest absolute Gasteiger partial charge is 0.466 e. The summed E-state index contributed by atoms with van der Waals surface area (Å²) in [6, 6.07) is 0. The maximum Gasteiger partial charge on any atom is 0.472 e. The maximum atomic E-state index is 12.8. The number of aliphatic hydroxyl groups excluding tert-OH is 3. The molecule has 4 N–H and O–H groups in total. The highest BCUT2D eigenvalue weighted by atomic mass is 31.2. The van der Waals surface area contributed by atoms with Crippen LogP contribution in [-0.4, -0.2) is 109 Å². The minimum atomic E-state index is -4.44. The number of phosphoric acid groups is 1. The van der Waals surface area contributed by atoms with Gasteiger partial charge in [0.15, 0.2) is 6.10 Å². The highest BCUT2D eigenvalue weighted by Gasteiger charge is 2.39. The number of hydrogen-bond acceptors (Lipinski definition) is 11. The maximum absolute atomic E-state index is 12.8. The third kappa shape index (κ3) is 22.8. The quantitative estimate of drug-likeness (QED) is 0.0170. The molecule has 13 nitrogen and oxygen atoms in total. The monoisotopic (exact) mass is 873 g/mol. The Kier molecular flexibility index (Phi) is 26.4. The highest BCUT2D eigenvalue weighted by Crippen LogP contribution is 2.43. The largest absolute Gasteiger partial charge is 0.472 e. The van der Waals surface area contributed by atoms with Crippen molar-refractivity contribution < 1.29 is 61.8 Å². The number of ether oxygens (including phenoxy) is 2. The first-order valence-electron chi connectivity index (χ1n) is 23.0. The topological polar surface area (TPSA) is 182 Å². The zero-order valence-electron chi connectivity index (χ0n) is 38.2. The van der Waals surface area contributed by atoms with Crippen molar-refractivity contribution in [3.8, 4) is 0 Å². The molecule has 1 aromatic heterocycles. The summed E-state index contributed by atoms with van der Waals surface area (Å²) in [6.45, 7) is 8.23. The fourth-order valence-electron chi connectivity index (χ4n) is 7.69. The Morgan fingerprint density at radius 1 is 0.800 bits per heavy atom. The summed E-state index contributed by atoms with van der Waals surface area (Å²) < 4.78 is 40.5. The van der Waals surface area contributed by atoms with Crippen LogP contribution < -0.4 is 0 Å². The fourth-order valence-corrected chi connectivity index (χ4v) is 8.43.